The van der Waals surface area contributed by atoms with Crippen LogP contribution in [0.15, 0.2) is 30.7 Å². The van der Waals surface area contributed by atoms with Gasteiger partial charge in [0.25, 0.3) is 5.78 Å². The van der Waals surface area contributed by atoms with Crippen molar-refractivity contribution < 1.29 is 0 Å². The van der Waals surface area contributed by atoms with E-state index in [1.807, 2.05) is 42.6 Å². The minimum absolute atomic E-state index is 0.445. The lowest BCUT2D eigenvalue weighted by Gasteiger charge is -1.94. The zero-order valence-electron chi connectivity index (χ0n) is 14.3. The number of nitrogens with zero attached hydrogens (tertiary/aromatic N) is 8. The SMILES string of the molecule is Cc1ccnc2nc(-c3cc(C4CC4c4cnn(C)c4)nn3C)nn12. The van der Waals surface area contributed by atoms with Crippen LogP contribution in [0.4, 0.5) is 0 Å². The van der Waals surface area contributed by atoms with Crippen LogP contribution in [0.5, 0.6) is 0 Å². The first-order chi connectivity index (χ1) is 12.1. The summed E-state index contributed by atoms with van der Waals surface area (Å²) in [6, 6.07) is 4.02. The van der Waals surface area contributed by atoms with E-state index in [2.05, 4.69) is 32.4 Å². The largest absolute Gasteiger partial charge is 0.276 e. The molecule has 0 amide bonds. The first kappa shape index (κ1) is 14.3. The van der Waals surface area contributed by atoms with Gasteiger partial charge in [-0.3, -0.25) is 9.36 Å². The molecule has 0 aliphatic heterocycles. The van der Waals surface area contributed by atoms with Gasteiger partial charge in [0.1, 0.15) is 5.69 Å². The number of aryl methyl sites for hydroxylation is 3. The third-order valence-corrected chi connectivity index (χ3v) is 4.88. The van der Waals surface area contributed by atoms with E-state index in [1.54, 1.807) is 10.7 Å². The monoisotopic (exact) mass is 334 g/mol. The van der Waals surface area contributed by atoms with E-state index in [-0.39, 0.29) is 0 Å². The summed E-state index contributed by atoms with van der Waals surface area (Å²) in [5, 5.41) is 13.6. The van der Waals surface area contributed by atoms with E-state index in [1.165, 1.54) is 5.56 Å². The maximum Gasteiger partial charge on any atom is 0.252 e. The average Bonchev–Trinajstić information content (AvgIpc) is 2.92. The smallest absolute Gasteiger partial charge is 0.252 e. The van der Waals surface area contributed by atoms with Crippen LogP contribution in [-0.2, 0) is 14.1 Å². The van der Waals surface area contributed by atoms with Crippen LogP contribution in [0.3, 0.4) is 0 Å². The van der Waals surface area contributed by atoms with Gasteiger partial charge in [0.15, 0.2) is 0 Å². The molecule has 4 aromatic heterocycles. The van der Waals surface area contributed by atoms with Gasteiger partial charge < -0.3 is 0 Å². The summed E-state index contributed by atoms with van der Waals surface area (Å²) in [5.41, 5.74) is 4.29. The number of fused-ring (bicyclic) bond motifs is 1. The third-order valence-electron chi connectivity index (χ3n) is 4.88. The summed E-state index contributed by atoms with van der Waals surface area (Å²) < 4.78 is 5.47. The van der Waals surface area contributed by atoms with E-state index < -0.39 is 0 Å². The maximum atomic E-state index is 4.70. The van der Waals surface area contributed by atoms with Gasteiger partial charge in [-0.25, -0.2) is 9.50 Å². The van der Waals surface area contributed by atoms with Gasteiger partial charge in [-0.1, -0.05) is 0 Å². The molecule has 0 aromatic carbocycles. The zero-order valence-corrected chi connectivity index (χ0v) is 14.3. The molecule has 8 heteroatoms. The molecule has 1 fully saturated rings. The summed E-state index contributed by atoms with van der Waals surface area (Å²) in [5.74, 6) is 2.22. The van der Waals surface area contributed by atoms with Crippen LogP contribution in [0.2, 0.25) is 0 Å². The summed E-state index contributed by atoms with van der Waals surface area (Å²) in [6.07, 6.45) is 6.90. The molecule has 0 N–H and O–H groups in total. The van der Waals surface area contributed by atoms with Gasteiger partial charge >= 0.3 is 0 Å². The standard InChI is InChI=1S/C17H18N8/c1-10-4-5-18-17-20-16(22-25(10)17)15-7-14(21-24(15)3)13-6-12(13)11-8-19-23(2)9-11/h4-5,7-9,12-13H,6H2,1-3H3. The molecule has 4 aromatic rings. The lowest BCUT2D eigenvalue weighted by molar-refractivity contribution is 0.742. The average molecular weight is 334 g/mol. The molecule has 8 nitrogen and oxygen atoms in total. The fourth-order valence-electron chi connectivity index (χ4n) is 3.42. The molecule has 1 aliphatic carbocycles. The van der Waals surface area contributed by atoms with Gasteiger partial charge in [-0.05, 0) is 37.0 Å². The Morgan fingerprint density at radius 3 is 2.80 bits per heavy atom. The van der Waals surface area contributed by atoms with Crippen LogP contribution in [0, 0.1) is 6.92 Å². The first-order valence-electron chi connectivity index (χ1n) is 8.31. The number of aromatic nitrogens is 8. The topological polar surface area (TPSA) is 78.7 Å². The fraction of sp³-hybridized carbons (Fsp3) is 0.353. The van der Waals surface area contributed by atoms with E-state index in [0.29, 0.717) is 23.4 Å². The van der Waals surface area contributed by atoms with E-state index in [9.17, 15) is 0 Å². The van der Waals surface area contributed by atoms with Crippen LogP contribution < -0.4 is 0 Å². The van der Waals surface area contributed by atoms with Crippen molar-refractivity contribution in [2.45, 2.75) is 25.2 Å². The van der Waals surface area contributed by atoms with Crippen molar-refractivity contribution in [3.05, 3.63) is 47.7 Å². The van der Waals surface area contributed by atoms with Crippen molar-refractivity contribution in [1.29, 1.82) is 0 Å². The second-order valence-electron chi connectivity index (χ2n) is 6.71. The predicted molar refractivity (Wildman–Crippen MR) is 91.0 cm³/mol. The second kappa shape index (κ2) is 4.98. The normalized spacial score (nSPS) is 19.6. The van der Waals surface area contributed by atoms with Crippen molar-refractivity contribution in [3.63, 3.8) is 0 Å². The molecule has 1 aliphatic rings. The highest BCUT2D eigenvalue weighted by Crippen LogP contribution is 2.54. The molecule has 0 spiro atoms. The summed E-state index contributed by atoms with van der Waals surface area (Å²) in [6.45, 7) is 1.99. The van der Waals surface area contributed by atoms with Gasteiger partial charge in [0.05, 0.1) is 11.9 Å². The van der Waals surface area contributed by atoms with Crippen molar-refractivity contribution in [1.82, 2.24) is 39.1 Å². The molecular weight excluding hydrogens is 316 g/mol. The Morgan fingerprint density at radius 1 is 1.16 bits per heavy atom. The van der Waals surface area contributed by atoms with Gasteiger partial charge in [0, 0.05) is 38.1 Å². The van der Waals surface area contributed by atoms with Crippen LogP contribution in [0.1, 0.15) is 35.2 Å². The highest BCUT2D eigenvalue weighted by Gasteiger charge is 2.42. The molecule has 2 unspecified atom stereocenters. The van der Waals surface area contributed by atoms with E-state index >= 15 is 0 Å². The van der Waals surface area contributed by atoms with Gasteiger partial charge in [-0.2, -0.15) is 15.2 Å². The fourth-order valence-corrected chi connectivity index (χ4v) is 3.42. The first-order valence-corrected chi connectivity index (χ1v) is 8.31. The highest BCUT2D eigenvalue weighted by atomic mass is 15.4. The lowest BCUT2D eigenvalue weighted by Crippen LogP contribution is -1.97. The van der Waals surface area contributed by atoms with Crippen molar-refractivity contribution in [2.75, 3.05) is 0 Å². The van der Waals surface area contributed by atoms with E-state index in [0.717, 1.165) is 23.5 Å². The number of rotatable bonds is 3. The molecule has 1 saturated carbocycles. The minimum atomic E-state index is 0.445. The molecule has 5 rings (SSSR count). The van der Waals surface area contributed by atoms with E-state index in [4.69, 9.17) is 5.10 Å². The van der Waals surface area contributed by atoms with Crippen molar-refractivity contribution in [3.8, 4) is 11.5 Å². The Labute approximate surface area is 144 Å². The van der Waals surface area contributed by atoms with Crippen molar-refractivity contribution >= 4 is 5.78 Å². The molecule has 126 valence electrons. The van der Waals surface area contributed by atoms with Crippen molar-refractivity contribution in [2.24, 2.45) is 14.1 Å². The second-order valence-corrected chi connectivity index (χ2v) is 6.71. The minimum Gasteiger partial charge on any atom is -0.276 e. The highest BCUT2D eigenvalue weighted by molar-refractivity contribution is 5.54. The van der Waals surface area contributed by atoms with Gasteiger partial charge in [0.2, 0.25) is 5.82 Å². The predicted octanol–water partition coefficient (Wildman–Crippen LogP) is 1.84. The van der Waals surface area contributed by atoms with Gasteiger partial charge in [-0.15, -0.1) is 5.10 Å². The Morgan fingerprint density at radius 2 is 2.04 bits per heavy atom. The molecule has 0 radical (unpaired) electrons. The van der Waals surface area contributed by atoms with Crippen LogP contribution in [0.25, 0.3) is 17.3 Å². The Bertz CT molecular complexity index is 1090. The van der Waals surface area contributed by atoms with Crippen LogP contribution in [-0.4, -0.2) is 39.1 Å². The summed E-state index contributed by atoms with van der Waals surface area (Å²) in [7, 11) is 3.89. The van der Waals surface area contributed by atoms with Crippen LogP contribution >= 0.6 is 0 Å². The Kier molecular flexibility index (Phi) is 2.85. The Hall–Kier alpha value is -3.03. The molecular formula is C17H18N8. The number of hydrogen-bond acceptors (Lipinski definition) is 5. The number of hydrogen-bond donors (Lipinski definition) is 0. The zero-order chi connectivity index (χ0) is 17.1. The Balaban J connectivity index is 1.48. The molecule has 2 atom stereocenters. The molecule has 4 heterocycles. The molecule has 0 saturated heterocycles. The molecule has 25 heavy (non-hydrogen) atoms. The lowest BCUT2D eigenvalue weighted by atomic mass is 10.1. The summed E-state index contributed by atoms with van der Waals surface area (Å²) in [4.78, 5) is 8.82. The quantitative estimate of drug-likeness (QED) is 0.571. The summed E-state index contributed by atoms with van der Waals surface area (Å²) >= 11 is 0. The maximum absolute atomic E-state index is 4.70. The molecule has 0 bridgehead atoms. The third kappa shape index (κ3) is 2.25.